The number of hydrogen-bond donors (Lipinski definition) is 0. The van der Waals surface area contributed by atoms with E-state index < -0.39 is 0 Å². The molecule has 3 heteroatoms. The van der Waals surface area contributed by atoms with Gasteiger partial charge in [-0.25, -0.2) is 4.79 Å². The normalized spacial score (nSPS) is 11.8. The van der Waals surface area contributed by atoms with Crippen LogP contribution in [0.2, 0.25) is 0 Å². The fourth-order valence-corrected chi connectivity index (χ4v) is 0.853. The van der Waals surface area contributed by atoms with Crippen molar-refractivity contribution in [1.82, 2.24) is 4.90 Å². The van der Waals surface area contributed by atoms with Gasteiger partial charge in [0.05, 0.1) is 6.26 Å². The largest absolute Gasteiger partial charge is 0.418 e. The van der Waals surface area contributed by atoms with Gasteiger partial charge in [0, 0.05) is 13.1 Å². The first-order valence-electron chi connectivity index (χ1n) is 5.04. The number of rotatable bonds is 3. The van der Waals surface area contributed by atoms with Crippen LogP contribution in [0.15, 0.2) is 12.3 Å². The summed E-state index contributed by atoms with van der Waals surface area (Å²) in [5, 5.41) is 0. The molecule has 14 heavy (non-hydrogen) atoms. The SMILES string of the molecule is CCN(CC)C(=O)O/C=C\C(C)(C)C. The number of hydrogen-bond acceptors (Lipinski definition) is 2. The lowest BCUT2D eigenvalue weighted by Gasteiger charge is -2.17. The minimum atomic E-state index is -0.282. The first-order valence-corrected chi connectivity index (χ1v) is 5.04. The lowest BCUT2D eigenvalue weighted by atomic mass is 9.97. The zero-order valence-electron chi connectivity index (χ0n) is 9.83. The van der Waals surface area contributed by atoms with Crippen LogP contribution < -0.4 is 0 Å². The second-order valence-corrected chi connectivity index (χ2v) is 4.22. The lowest BCUT2D eigenvalue weighted by Crippen LogP contribution is -2.29. The van der Waals surface area contributed by atoms with Crippen LogP contribution in [-0.4, -0.2) is 24.1 Å². The van der Waals surface area contributed by atoms with E-state index in [0.717, 1.165) is 0 Å². The van der Waals surface area contributed by atoms with E-state index >= 15 is 0 Å². The Bertz CT molecular complexity index is 200. The van der Waals surface area contributed by atoms with Gasteiger partial charge in [-0.2, -0.15) is 0 Å². The summed E-state index contributed by atoms with van der Waals surface area (Å²) in [6.07, 6.45) is 3.06. The van der Waals surface area contributed by atoms with Gasteiger partial charge in [0.25, 0.3) is 0 Å². The number of ether oxygens (including phenoxy) is 1. The van der Waals surface area contributed by atoms with Gasteiger partial charge in [-0.05, 0) is 25.3 Å². The molecule has 0 aromatic heterocycles. The maximum absolute atomic E-state index is 11.3. The first kappa shape index (κ1) is 13.0. The highest BCUT2D eigenvalue weighted by molar-refractivity contribution is 5.68. The molecule has 0 fully saturated rings. The van der Waals surface area contributed by atoms with Crippen LogP contribution in [0.4, 0.5) is 4.79 Å². The Morgan fingerprint density at radius 1 is 1.29 bits per heavy atom. The first-order chi connectivity index (χ1) is 6.40. The van der Waals surface area contributed by atoms with Crippen LogP contribution in [0, 0.1) is 5.41 Å². The molecule has 0 aromatic rings. The Labute approximate surface area is 86.7 Å². The van der Waals surface area contributed by atoms with Crippen LogP contribution in [0.5, 0.6) is 0 Å². The Morgan fingerprint density at radius 3 is 2.14 bits per heavy atom. The molecule has 0 atom stereocenters. The highest BCUT2D eigenvalue weighted by atomic mass is 16.5. The number of nitrogens with zero attached hydrogens (tertiary/aromatic N) is 1. The lowest BCUT2D eigenvalue weighted by molar-refractivity contribution is 0.141. The molecule has 0 aromatic carbocycles. The third-order valence-corrected chi connectivity index (χ3v) is 1.76. The summed E-state index contributed by atoms with van der Waals surface area (Å²) in [6, 6.07) is 0. The quantitative estimate of drug-likeness (QED) is 0.654. The van der Waals surface area contributed by atoms with Crippen LogP contribution >= 0.6 is 0 Å². The maximum atomic E-state index is 11.3. The van der Waals surface area contributed by atoms with Crippen molar-refractivity contribution >= 4 is 6.09 Å². The molecule has 0 bridgehead atoms. The van der Waals surface area contributed by atoms with Crippen molar-refractivity contribution in [2.45, 2.75) is 34.6 Å². The van der Waals surface area contributed by atoms with Gasteiger partial charge in [0.2, 0.25) is 0 Å². The van der Waals surface area contributed by atoms with Crippen molar-refractivity contribution in [3.8, 4) is 0 Å². The predicted octanol–water partition coefficient (Wildman–Crippen LogP) is 3.02. The van der Waals surface area contributed by atoms with E-state index in [-0.39, 0.29) is 11.5 Å². The molecule has 0 aliphatic rings. The van der Waals surface area contributed by atoms with Crippen molar-refractivity contribution in [3.05, 3.63) is 12.3 Å². The zero-order valence-corrected chi connectivity index (χ0v) is 9.83. The van der Waals surface area contributed by atoms with Gasteiger partial charge in [-0.15, -0.1) is 0 Å². The Kier molecular flexibility index (Phi) is 5.28. The van der Waals surface area contributed by atoms with Crippen molar-refractivity contribution < 1.29 is 9.53 Å². The number of carbonyl (C=O) groups excluding carboxylic acids is 1. The minimum Gasteiger partial charge on any atom is -0.418 e. The van der Waals surface area contributed by atoms with Gasteiger partial charge in [-0.3, -0.25) is 0 Å². The minimum absolute atomic E-state index is 0.0452. The zero-order chi connectivity index (χ0) is 11.2. The van der Waals surface area contributed by atoms with Gasteiger partial charge >= 0.3 is 6.09 Å². The van der Waals surface area contributed by atoms with E-state index in [4.69, 9.17) is 4.74 Å². The van der Waals surface area contributed by atoms with Crippen LogP contribution in [0.3, 0.4) is 0 Å². The average Bonchev–Trinajstić information content (AvgIpc) is 2.04. The van der Waals surface area contributed by atoms with Gasteiger partial charge in [0.1, 0.15) is 0 Å². The molecule has 0 spiro atoms. The molecule has 0 saturated carbocycles. The third-order valence-electron chi connectivity index (χ3n) is 1.76. The molecular weight excluding hydrogens is 178 g/mol. The van der Waals surface area contributed by atoms with E-state index in [2.05, 4.69) is 20.8 Å². The summed E-state index contributed by atoms with van der Waals surface area (Å²) in [4.78, 5) is 13.0. The highest BCUT2D eigenvalue weighted by Crippen LogP contribution is 2.14. The number of amides is 1. The summed E-state index contributed by atoms with van der Waals surface area (Å²) in [5.74, 6) is 0. The van der Waals surface area contributed by atoms with E-state index in [0.29, 0.717) is 13.1 Å². The molecule has 0 heterocycles. The molecule has 0 N–H and O–H groups in total. The Balaban J connectivity index is 4.02. The second kappa shape index (κ2) is 5.68. The molecule has 0 unspecified atom stereocenters. The van der Waals surface area contributed by atoms with Crippen molar-refractivity contribution in [2.24, 2.45) is 5.41 Å². The fourth-order valence-electron chi connectivity index (χ4n) is 0.853. The van der Waals surface area contributed by atoms with Gasteiger partial charge in [-0.1, -0.05) is 20.8 Å². The predicted molar refractivity (Wildman–Crippen MR) is 58.0 cm³/mol. The summed E-state index contributed by atoms with van der Waals surface area (Å²) in [6.45, 7) is 11.4. The molecule has 0 radical (unpaired) electrons. The Morgan fingerprint density at radius 2 is 1.79 bits per heavy atom. The van der Waals surface area contributed by atoms with Crippen molar-refractivity contribution in [3.63, 3.8) is 0 Å². The molecule has 82 valence electrons. The van der Waals surface area contributed by atoms with Crippen molar-refractivity contribution in [1.29, 1.82) is 0 Å². The Hall–Kier alpha value is -0.990. The summed E-state index contributed by atoms with van der Waals surface area (Å²) in [5.41, 5.74) is 0.0452. The average molecular weight is 199 g/mol. The molecule has 0 saturated heterocycles. The van der Waals surface area contributed by atoms with Crippen LogP contribution in [0.25, 0.3) is 0 Å². The van der Waals surface area contributed by atoms with Crippen molar-refractivity contribution in [2.75, 3.05) is 13.1 Å². The monoisotopic (exact) mass is 199 g/mol. The summed E-state index contributed by atoms with van der Waals surface area (Å²) >= 11 is 0. The molecular formula is C11H21NO2. The smallest absolute Gasteiger partial charge is 0.414 e. The van der Waals surface area contributed by atoms with Gasteiger partial charge in [0.15, 0.2) is 0 Å². The van der Waals surface area contributed by atoms with E-state index in [1.807, 2.05) is 19.9 Å². The maximum Gasteiger partial charge on any atom is 0.414 e. The molecule has 0 aliphatic carbocycles. The molecule has 0 rings (SSSR count). The summed E-state index contributed by atoms with van der Waals surface area (Å²) in [7, 11) is 0. The highest BCUT2D eigenvalue weighted by Gasteiger charge is 2.09. The third kappa shape index (κ3) is 5.62. The molecule has 0 aliphatic heterocycles. The van der Waals surface area contributed by atoms with Gasteiger partial charge < -0.3 is 9.64 Å². The summed E-state index contributed by atoms with van der Waals surface area (Å²) < 4.78 is 4.97. The van der Waals surface area contributed by atoms with E-state index in [1.165, 1.54) is 6.26 Å². The number of carbonyl (C=O) groups is 1. The topological polar surface area (TPSA) is 29.5 Å². The second-order valence-electron chi connectivity index (χ2n) is 4.22. The van der Waals surface area contributed by atoms with E-state index in [9.17, 15) is 4.79 Å². The standard InChI is InChI=1S/C11H21NO2/c1-6-12(7-2)10(13)14-9-8-11(3,4)5/h8-9H,6-7H2,1-5H3/b9-8-. The van der Waals surface area contributed by atoms with E-state index in [1.54, 1.807) is 4.90 Å². The van der Waals surface area contributed by atoms with Crippen LogP contribution in [0.1, 0.15) is 34.6 Å². The fraction of sp³-hybridized carbons (Fsp3) is 0.727. The molecule has 3 nitrogen and oxygen atoms in total. The number of allylic oxidation sites excluding steroid dienone is 1. The molecule has 1 amide bonds. The van der Waals surface area contributed by atoms with Crippen LogP contribution in [-0.2, 0) is 4.74 Å².